The number of carboxylic acid groups (broad SMARTS) is 1. The number of sulfonamides is 1. The number of allylic oxidation sites excluding steroid dienone is 2. The smallest absolute Gasteiger partial charge is 0.352 e. The number of benzene rings is 2. The first-order valence-corrected chi connectivity index (χ1v) is 15.3. The van der Waals surface area contributed by atoms with E-state index >= 15 is 0 Å². The standard InChI is InChI=1S/C31H39N3O7S/c1-5-6-19-41-27-10-8-7-9-25(27)29(36)32-18-17-22-11-14-24(15-12-22)42(39,40)33-28(35)23-13-16-26(30(37)38)34(20-23)21-31(2,3)4/h7-16H,5-6,17-21H2,1-4H3,(H,32,36)(H,33,35)(H,37,38). The highest BCUT2D eigenvalue weighted by molar-refractivity contribution is 7.90. The molecule has 0 radical (unpaired) electrons. The van der Waals surface area contributed by atoms with Gasteiger partial charge in [-0.05, 0) is 60.2 Å². The number of aliphatic carboxylic acids is 1. The van der Waals surface area contributed by atoms with E-state index in [9.17, 15) is 27.9 Å². The van der Waals surface area contributed by atoms with Crippen molar-refractivity contribution in [3.8, 4) is 5.75 Å². The number of rotatable bonds is 13. The van der Waals surface area contributed by atoms with E-state index in [1.165, 1.54) is 24.3 Å². The molecule has 0 aromatic heterocycles. The van der Waals surface area contributed by atoms with Gasteiger partial charge in [-0.1, -0.05) is 58.4 Å². The Bertz CT molecular complexity index is 1460. The summed E-state index contributed by atoms with van der Waals surface area (Å²) in [4.78, 5) is 38.6. The molecule has 10 nitrogen and oxygen atoms in total. The van der Waals surface area contributed by atoms with Gasteiger partial charge in [-0.3, -0.25) is 9.59 Å². The first-order valence-electron chi connectivity index (χ1n) is 13.9. The average molecular weight is 598 g/mol. The zero-order valence-electron chi connectivity index (χ0n) is 24.5. The fourth-order valence-electron chi connectivity index (χ4n) is 4.30. The highest BCUT2D eigenvalue weighted by Crippen LogP contribution is 2.23. The molecule has 3 rings (SSSR count). The number of carbonyl (C=O) groups excluding carboxylic acids is 2. The van der Waals surface area contributed by atoms with Crippen LogP contribution in [0.4, 0.5) is 0 Å². The molecule has 1 aliphatic rings. The second kappa shape index (κ2) is 14.2. The van der Waals surface area contributed by atoms with Crippen LogP contribution in [-0.4, -0.2) is 62.4 Å². The number of unbranched alkanes of at least 4 members (excludes halogenated alkanes) is 1. The predicted molar refractivity (Wildman–Crippen MR) is 159 cm³/mol. The maximum atomic E-state index is 12.9. The van der Waals surface area contributed by atoms with Gasteiger partial charge in [0, 0.05) is 25.2 Å². The fraction of sp³-hybridized carbons (Fsp3) is 0.387. The van der Waals surface area contributed by atoms with Gasteiger partial charge in [0.05, 0.1) is 17.1 Å². The van der Waals surface area contributed by atoms with Crippen LogP contribution in [0.25, 0.3) is 0 Å². The van der Waals surface area contributed by atoms with Crippen molar-refractivity contribution in [1.29, 1.82) is 0 Å². The lowest BCUT2D eigenvalue weighted by Crippen LogP contribution is -2.41. The molecule has 0 saturated carbocycles. The van der Waals surface area contributed by atoms with Crippen LogP contribution < -0.4 is 14.8 Å². The summed E-state index contributed by atoms with van der Waals surface area (Å²) in [5.74, 6) is -1.67. The molecule has 0 spiro atoms. The Hall–Kier alpha value is -4.12. The molecule has 42 heavy (non-hydrogen) atoms. The van der Waals surface area contributed by atoms with Crippen molar-refractivity contribution in [2.24, 2.45) is 5.41 Å². The summed E-state index contributed by atoms with van der Waals surface area (Å²) < 4.78 is 33.6. The van der Waals surface area contributed by atoms with Gasteiger partial charge >= 0.3 is 5.97 Å². The average Bonchev–Trinajstić information content (AvgIpc) is 2.92. The molecule has 0 unspecified atom stereocenters. The number of hydrogen-bond acceptors (Lipinski definition) is 7. The van der Waals surface area contributed by atoms with Crippen LogP contribution in [0.1, 0.15) is 56.5 Å². The molecule has 0 saturated heterocycles. The summed E-state index contributed by atoms with van der Waals surface area (Å²) in [6.45, 7) is 9.08. The minimum Gasteiger partial charge on any atom is -0.493 e. The van der Waals surface area contributed by atoms with E-state index in [-0.39, 0.29) is 34.0 Å². The van der Waals surface area contributed by atoms with Gasteiger partial charge in [0.25, 0.3) is 21.8 Å². The first-order chi connectivity index (χ1) is 19.8. The zero-order valence-corrected chi connectivity index (χ0v) is 25.3. The van der Waals surface area contributed by atoms with E-state index in [0.29, 0.717) is 37.4 Å². The Morgan fingerprint density at radius 2 is 1.69 bits per heavy atom. The molecule has 2 aromatic carbocycles. The maximum absolute atomic E-state index is 12.9. The lowest BCUT2D eigenvalue weighted by Gasteiger charge is -2.34. The van der Waals surface area contributed by atoms with E-state index in [2.05, 4.69) is 17.0 Å². The first kappa shape index (κ1) is 32.4. The van der Waals surface area contributed by atoms with Crippen molar-refractivity contribution in [1.82, 2.24) is 14.9 Å². The SMILES string of the molecule is CCCCOc1ccccc1C(=O)NCCc1ccc(S(=O)(=O)NC(=O)C2=CC=C(C(=O)O)N(CC(C)(C)C)C2)cc1. The molecule has 0 fully saturated rings. The second-order valence-corrected chi connectivity index (χ2v) is 12.9. The van der Waals surface area contributed by atoms with E-state index < -0.39 is 21.9 Å². The van der Waals surface area contributed by atoms with Gasteiger partial charge in [-0.25, -0.2) is 17.9 Å². The van der Waals surface area contributed by atoms with E-state index in [4.69, 9.17) is 4.74 Å². The number of para-hydroxylation sites is 1. The molecular weight excluding hydrogens is 558 g/mol. The molecule has 1 heterocycles. The van der Waals surface area contributed by atoms with Crippen LogP contribution in [0.5, 0.6) is 5.75 Å². The van der Waals surface area contributed by atoms with Crippen molar-refractivity contribution in [2.75, 3.05) is 26.2 Å². The summed E-state index contributed by atoms with van der Waals surface area (Å²) in [5.41, 5.74) is 1.18. The quantitative estimate of drug-likeness (QED) is 0.295. The molecule has 0 bridgehead atoms. The number of carboxylic acids is 1. The summed E-state index contributed by atoms with van der Waals surface area (Å²) in [7, 11) is -4.17. The molecule has 226 valence electrons. The minimum atomic E-state index is -4.17. The Morgan fingerprint density at radius 3 is 2.33 bits per heavy atom. The largest absolute Gasteiger partial charge is 0.493 e. The number of hydrogen-bond donors (Lipinski definition) is 3. The van der Waals surface area contributed by atoms with Crippen molar-refractivity contribution in [3.05, 3.63) is 83.1 Å². The topological polar surface area (TPSA) is 142 Å². The van der Waals surface area contributed by atoms with Crippen molar-refractivity contribution < 1.29 is 32.6 Å². The fourth-order valence-corrected chi connectivity index (χ4v) is 5.29. The van der Waals surface area contributed by atoms with E-state index in [1.54, 1.807) is 35.2 Å². The molecular formula is C31H39N3O7S. The summed E-state index contributed by atoms with van der Waals surface area (Å²) >= 11 is 0. The van der Waals surface area contributed by atoms with Gasteiger partial charge in [-0.15, -0.1) is 0 Å². The summed E-state index contributed by atoms with van der Waals surface area (Å²) in [6.07, 6.45) is 4.99. The van der Waals surface area contributed by atoms with Crippen LogP contribution in [0.3, 0.4) is 0 Å². The van der Waals surface area contributed by atoms with Crippen LogP contribution in [0, 0.1) is 5.41 Å². The number of nitrogens with one attached hydrogen (secondary N) is 2. The van der Waals surface area contributed by atoms with Crippen LogP contribution in [-0.2, 0) is 26.0 Å². The number of ether oxygens (including phenoxy) is 1. The highest BCUT2D eigenvalue weighted by atomic mass is 32.2. The molecule has 2 aromatic rings. The van der Waals surface area contributed by atoms with Gasteiger partial charge < -0.3 is 20.1 Å². The van der Waals surface area contributed by atoms with Crippen LogP contribution in [0.15, 0.2) is 76.8 Å². The second-order valence-electron chi connectivity index (χ2n) is 11.2. The molecule has 0 atom stereocenters. The molecule has 1 aliphatic heterocycles. The number of amides is 2. The van der Waals surface area contributed by atoms with Crippen molar-refractivity contribution >= 4 is 27.8 Å². The monoisotopic (exact) mass is 597 g/mol. The lowest BCUT2D eigenvalue weighted by molar-refractivity contribution is -0.134. The van der Waals surface area contributed by atoms with Gasteiger partial charge in [0.15, 0.2) is 0 Å². The minimum absolute atomic E-state index is 0.0310. The molecule has 2 amide bonds. The van der Waals surface area contributed by atoms with Gasteiger partial charge in [-0.2, -0.15) is 0 Å². The van der Waals surface area contributed by atoms with Crippen molar-refractivity contribution in [2.45, 2.75) is 51.9 Å². The Morgan fingerprint density at radius 1 is 1.00 bits per heavy atom. The van der Waals surface area contributed by atoms with E-state index in [0.717, 1.165) is 18.4 Å². The van der Waals surface area contributed by atoms with Crippen molar-refractivity contribution in [3.63, 3.8) is 0 Å². The third-order valence-corrected chi connectivity index (χ3v) is 7.71. The molecule has 11 heteroatoms. The number of nitrogens with zero attached hydrogens (tertiary/aromatic N) is 1. The molecule has 3 N–H and O–H groups in total. The summed E-state index contributed by atoms with van der Waals surface area (Å²) in [6, 6.07) is 13.1. The Kier molecular flexibility index (Phi) is 10.9. The Labute approximate surface area is 247 Å². The summed E-state index contributed by atoms with van der Waals surface area (Å²) in [5, 5.41) is 12.4. The van der Waals surface area contributed by atoms with Crippen LogP contribution >= 0.6 is 0 Å². The van der Waals surface area contributed by atoms with Gasteiger partial charge in [0.2, 0.25) is 0 Å². The van der Waals surface area contributed by atoms with Crippen LogP contribution in [0.2, 0.25) is 0 Å². The normalized spacial score (nSPS) is 13.6. The van der Waals surface area contributed by atoms with E-state index in [1.807, 2.05) is 26.8 Å². The highest BCUT2D eigenvalue weighted by Gasteiger charge is 2.29. The zero-order chi connectivity index (χ0) is 30.9. The maximum Gasteiger partial charge on any atom is 0.352 e. The lowest BCUT2D eigenvalue weighted by atomic mass is 9.94. The molecule has 0 aliphatic carbocycles. The Balaban J connectivity index is 1.58. The third-order valence-electron chi connectivity index (χ3n) is 6.37. The predicted octanol–water partition coefficient (Wildman–Crippen LogP) is 3.90. The van der Waals surface area contributed by atoms with Gasteiger partial charge in [0.1, 0.15) is 11.4 Å². The third kappa shape index (κ3) is 9.20. The number of carbonyl (C=O) groups is 3.